The van der Waals surface area contributed by atoms with Gasteiger partial charge in [0.05, 0.1) is 32.7 Å². The van der Waals surface area contributed by atoms with E-state index in [1.165, 1.54) is 0 Å². The zero-order valence-corrected chi connectivity index (χ0v) is 15.9. The van der Waals surface area contributed by atoms with Crippen LogP contribution in [-0.4, -0.2) is 36.8 Å². The zero-order valence-electron chi connectivity index (χ0n) is 15.9. The SMILES string of the molecule is COc1cccc(C2CC(=O)Nc3c2ncn3-c2ccc(OC)cc2OC)c1. The summed E-state index contributed by atoms with van der Waals surface area (Å²) in [7, 11) is 4.83. The Morgan fingerprint density at radius 3 is 2.57 bits per heavy atom. The molecule has 0 radical (unpaired) electrons. The molecule has 2 aromatic carbocycles. The number of ether oxygens (including phenoxy) is 3. The maximum absolute atomic E-state index is 12.5. The molecule has 1 N–H and O–H groups in total. The number of carbonyl (C=O) groups excluding carboxylic acids is 1. The van der Waals surface area contributed by atoms with Crippen LogP contribution >= 0.6 is 0 Å². The number of nitrogens with one attached hydrogen (secondary N) is 1. The smallest absolute Gasteiger partial charge is 0.226 e. The number of methoxy groups -OCH3 is 3. The summed E-state index contributed by atoms with van der Waals surface area (Å²) in [5.41, 5.74) is 2.57. The molecule has 0 aliphatic carbocycles. The predicted octanol–water partition coefficient (Wildman–Crippen LogP) is 3.37. The fourth-order valence-corrected chi connectivity index (χ4v) is 3.51. The van der Waals surface area contributed by atoms with Gasteiger partial charge in [-0.25, -0.2) is 4.98 Å². The van der Waals surface area contributed by atoms with Crippen LogP contribution in [0.3, 0.4) is 0 Å². The van der Waals surface area contributed by atoms with Crippen molar-refractivity contribution in [3.63, 3.8) is 0 Å². The number of hydrogen-bond donors (Lipinski definition) is 1. The van der Waals surface area contributed by atoms with Crippen LogP contribution in [0.2, 0.25) is 0 Å². The van der Waals surface area contributed by atoms with Crippen LogP contribution < -0.4 is 19.5 Å². The highest BCUT2D eigenvalue weighted by molar-refractivity contribution is 5.94. The summed E-state index contributed by atoms with van der Waals surface area (Å²) < 4.78 is 17.9. The van der Waals surface area contributed by atoms with E-state index in [2.05, 4.69) is 10.3 Å². The Kier molecular flexibility index (Phi) is 4.65. The van der Waals surface area contributed by atoms with Crippen molar-refractivity contribution in [1.29, 1.82) is 0 Å². The number of amides is 1. The Morgan fingerprint density at radius 2 is 1.82 bits per heavy atom. The molecule has 4 rings (SSSR count). The van der Waals surface area contributed by atoms with Crippen LogP contribution in [0.5, 0.6) is 17.2 Å². The van der Waals surface area contributed by atoms with Gasteiger partial charge in [0, 0.05) is 18.4 Å². The lowest BCUT2D eigenvalue weighted by Crippen LogP contribution is -2.25. The minimum Gasteiger partial charge on any atom is -0.497 e. The highest BCUT2D eigenvalue weighted by Crippen LogP contribution is 2.39. The van der Waals surface area contributed by atoms with Gasteiger partial charge in [0.15, 0.2) is 0 Å². The van der Waals surface area contributed by atoms with Crippen LogP contribution in [0.25, 0.3) is 5.69 Å². The van der Waals surface area contributed by atoms with Gasteiger partial charge in [-0.15, -0.1) is 0 Å². The van der Waals surface area contributed by atoms with Gasteiger partial charge >= 0.3 is 0 Å². The van der Waals surface area contributed by atoms with Crippen molar-refractivity contribution < 1.29 is 19.0 Å². The van der Waals surface area contributed by atoms with E-state index in [1.54, 1.807) is 33.7 Å². The molecule has 0 spiro atoms. The second-order valence-corrected chi connectivity index (χ2v) is 6.47. The molecule has 144 valence electrons. The second-order valence-electron chi connectivity index (χ2n) is 6.47. The third-order valence-corrected chi connectivity index (χ3v) is 4.92. The van der Waals surface area contributed by atoms with E-state index >= 15 is 0 Å². The number of benzene rings is 2. The van der Waals surface area contributed by atoms with Crippen molar-refractivity contribution in [3.8, 4) is 22.9 Å². The van der Waals surface area contributed by atoms with Gasteiger partial charge in [-0.2, -0.15) is 0 Å². The van der Waals surface area contributed by atoms with E-state index in [0.29, 0.717) is 23.7 Å². The Balaban J connectivity index is 1.81. The molecule has 3 aromatic rings. The molecule has 1 aliphatic heterocycles. The number of hydrogen-bond acceptors (Lipinski definition) is 5. The lowest BCUT2D eigenvalue weighted by atomic mass is 9.89. The monoisotopic (exact) mass is 379 g/mol. The number of imidazole rings is 1. The molecular weight excluding hydrogens is 358 g/mol. The lowest BCUT2D eigenvalue weighted by molar-refractivity contribution is -0.116. The largest absolute Gasteiger partial charge is 0.497 e. The summed E-state index contributed by atoms with van der Waals surface area (Å²) >= 11 is 0. The van der Waals surface area contributed by atoms with Gasteiger partial charge in [-0.3, -0.25) is 9.36 Å². The van der Waals surface area contributed by atoms with E-state index in [0.717, 1.165) is 22.7 Å². The lowest BCUT2D eigenvalue weighted by Gasteiger charge is -2.24. The molecule has 1 aliphatic rings. The molecule has 0 fully saturated rings. The minimum atomic E-state index is -0.149. The molecule has 7 heteroatoms. The molecule has 1 unspecified atom stereocenters. The summed E-state index contributed by atoms with van der Waals surface area (Å²) in [6.45, 7) is 0. The van der Waals surface area contributed by atoms with E-state index in [9.17, 15) is 4.79 Å². The number of carbonyl (C=O) groups is 1. The van der Waals surface area contributed by atoms with E-state index in [4.69, 9.17) is 14.2 Å². The third-order valence-electron chi connectivity index (χ3n) is 4.92. The topological polar surface area (TPSA) is 74.6 Å². The van der Waals surface area contributed by atoms with Gasteiger partial charge in [0.2, 0.25) is 5.91 Å². The first-order valence-corrected chi connectivity index (χ1v) is 8.88. The van der Waals surface area contributed by atoms with Crippen LogP contribution in [0, 0.1) is 0 Å². The predicted molar refractivity (Wildman–Crippen MR) is 105 cm³/mol. The van der Waals surface area contributed by atoms with Crippen LogP contribution in [0.4, 0.5) is 5.82 Å². The van der Waals surface area contributed by atoms with Gasteiger partial charge in [0.25, 0.3) is 0 Å². The fourth-order valence-electron chi connectivity index (χ4n) is 3.51. The van der Waals surface area contributed by atoms with Gasteiger partial charge < -0.3 is 19.5 Å². The Labute approximate surface area is 162 Å². The fraction of sp³-hybridized carbons (Fsp3) is 0.238. The van der Waals surface area contributed by atoms with Crippen molar-refractivity contribution in [3.05, 3.63) is 60.0 Å². The molecule has 2 heterocycles. The Morgan fingerprint density at radius 1 is 1.04 bits per heavy atom. The van der Waals surface area contributed by atoms with E-state index in [1.807, 2.05) is 41.0 Å². The second kappa shape index (κ2) is 7.26. The summed E-state index contributed by atoms with van der Waals surface area (Å²) in [5, 5.41) is 2.96. The number of rotatable bonds is 5. The van der Waals surface area contributed by atoms with Crippen molar-refractivity contribution in [2.75, 3.05) is 26.6 Å². The van der Waals surface area contributed by atoms with Gasteiger partial charge in [-0.05, 0) is 29.8 Å². The number of fused-ring (bicyclic) bond motifs is 1. The quantitative estimate of drug-likeness (QED) is 0.736. The standard InChI is InChI=1S/C21H21N3O4/c1-26-14-6-4-5-13(9-14)16-11-19(25)23-21-20(16)22-12-24(21)17-8-7-15(27-2)10-18(17)28-3/h4-10,12,16H,11H2,1-3H3,(H,23,25). The van der Waals surface area contributed by atoms with Gasteiger partial charge in [0.1, 0.15) is 29.4 Å². The third kappa shape index (κ3) is 3.05. The average Bonchev–Trinajstić information content (AvgIpc) is 3.16. The molecule has 0 saturated carbocycles. The Hall–Kier alpha value is -3.48. The summed E-state index contributed by atoms with van der Waals surface area (Å²) in [6, 6.07) is 13.3. The van der Waals surface area contributed by atoms with Crippen LogP contribution in [0.15, 0.2) is 48.8 Å². The number of aromatic nitrogens is 2. The maximum atomic E-state index is 12.5. The van der Waals surface area contributed by atoms with Crippen molar-refractivity contribution in [2.24, 2.45) is 0 Å². The molecule has 1 atom stereocenters. The summed E-state index contributed by atoms with van der Waals surface area (Å²) in [4.78, 5) is 17.1. The molecule has 7 nitrogen and oxygen atoms in total. The molecule has 28 heavy (non-hydrogen) atoms. The first-order chi connectivity index (χ1) is 13.6. The molecular formula is C21H21N3O4. The van der Waals surface area contributed by atoms with Crippen molar-refractivity contribution in [1.82, 2.24) is 9.55 Å². The van der Waals surface area contributed by atoms with E-state index < -0.39 is 0 Å². The van der Waals surface area contributed by atoms with Crippen LogP contribution in [0.1, 0.15) is 23.6 Å². The number of nitrogens with zero attached hydrogens (tertiary/aromatic N) is 2. The normalized spacial score (nSPS) is 15.5. The van der Waals surface area contributed by atoms with E-state index in [-0.39, 0.29) is 11.8 Å². The van der Waals surface area contributed by atoms with Crippen molar-refractivity contribution >= 4 is 11.7 Å². The average molecular weight is 379 g/mol. The van der Waals surface area contributed by atoms with Gasteiger partial charge in [-0.1, -0.05) is 12.1 Å². The first-order valence-electron chi connectivity index (χ1n) is 8.88. The number of anilines is 1. The molecule has 0 bridgehead atoms. The summed E-state index contributed by atoms with van der Waals surface area (Å²) in [6.07, 6.45) is 2.03. The Bertz CT molecular complexity index is 1030. The maximum Gasteiger partial charge on any atom is 0.226 e. The van der Waals surface area contributed by atoms with Crippen LogP contribution in [-0.2, 0) is 4.79 Å². The molecule has 1 amide bonds. The molecule has 0 saturated heterocycles. The first kappa shape index (κ1) is 17.9. The molecule has 1 aromatic heterocycles. The highest BCUT2D eigenvalue weighted by atomic mass is 16.5. The minimum absolute atomic E-state index is 0.0606. The zero-order chi connectivity index (χ0) is 19.7. The van der Waals surface area contributed by atoms with Crippen molar-refractivity contribution in [2.45, 2.75) is 12.3 Å². The highest BCUT2D eigenvalue weighted by Gasteiger charge is 2.31. The summed E-state index contributed by atoms with van der Waals surface area (Å²) in [5.74, 6) is 2.50.